The first-order valence-electron chi connectivity index (χ1n) is 7.05. The Morgan fingerprint density at radius 1 is 1.48 bits per heavy atom. The van der Waals surface area contributed by atoms with E-state index in [1.165, 1.54) is 28.0 Å². The highest BCUT2D eigenvalue weighted by molar-refractivity contribution is 7.99. The lowest BCUT2D eigenvalue weighted by molar-refractivity contribution is -0.113. The highest BCUT2D eigenvalue weighted by atomic mass is 32.2. The smallest absolute Gasteiger partial charge is 0.251 e. The van der Waals surface area contributed by atoms with Crippen LogP contribution in [0.4, 0.5) is 5.00 Å². The molecular formula is C14H21N3O2S2. The number of thiophene rings is 1. The number of nitrogens with two attached hydrogens (primary N) is 2. The molecule has 2 amide bonds. The van der Waals surface area contributed by atoms with Gasteiger partial charge in [-0.15, -0.1) is 11.3 Å². The molecule has 1 aromatic heterocycles. The Morgan fingerprint density at radius 3 is 2.90 bits per heavy atom. The van der Waals surface area contributed by atoms with Crippen molar-refractivity contribution in [2.75, 3.05) is 23.4 Å². The maximum atomic E-state index is 11.9. The number of primary amides is 1. The van der Waals surface area contributed by atoms with Crippen molar-refractivity contribution in [1.29, 1.82) is 0 Å². The van der Waals surface area contributed by atoms with Crippen LogP contribution in [0.25, 0.3) is 0 Å². The molecule has 0 fully saturated rings. The van der Waals surface area contributed by atoms with Crippen LogP contribution < -0.4 is 16.8 Å². The largest absolute Gasteiger partial charge is 0.365 e. The number of amides is 2. The van der Waals surface area contributed by atoms with E-state index in [4.69, 9.17) is 11.5 Å². The minimum Gasteiger partial charge on any atom is -0.365 e. The fourth-order valence-electron chi connectivity index (χ4n) is 2.51. The number of fused-ring (bicyclic) bond motifs is 1. The van der Waals surface area contributed by atoms with Gasteiger partial charge in [0.25, 0.3) is 5.91 Å². The standard InChI is InChI=1S/C14H21N3O2S2/c1-8-2-3-9-10(6-8)21-14(12(9)13(16)19)17-11(18)7-20-5-4-15/h8H,2-7,15H2,1H3,(H2,16,19)(H,17,18). The molecule has 7 heteroatoms. The summed E-state index contributed by atoms with van der Waals surface area (Å²) in [6.45, 7) is 2.75. The van der Waals surface area contributed by atoms with Gasteiger partial charge >= 0.3 is 0 Å². The van der Waals surface area contributed by atoms with Gasteiger partial charge in [0.2, 0.25) is 5.91 Å². The van der Waals surface area contributed by atoms with Crippen LogP contribution in [0.3, 0.4) is 0 Å². The second-order valence-corrected chi connectivity index (χ2v) is 7.52. The van der Waals surface area contributed by atoms with Crippen LogP contribution in [0, 0.1) is 5.92 Å². The molecule has 5 N–H and O–H groups in total. The minimum atomic E-state index is -0.452. The number of thioether (sulfide) groups is 1. The zero-order chi connectivity index (χ0) is 15.4. The highest BCUT2D eigenvalue weighted by Crippen LogP contribution is 2.39. The van der Waals surface area contributed by atoms with Gasteiger partial charge in [0.05, 0.1) is 11.3 Å². The quantitative estimate of drug-likeness (QED) is 0.691. The third-order valence-corrected chi connectivity index (χ3v) is 5.67. The van der Waals surface area contributed by atoms with Gasteiger partial charge < -0.3 is 16.8 Å². The van der Waals surface area contributed by atoms with Gasteiger partial charge in [0.1, 0.15) is 5.00 Å². The van der Waals surface area contributed by atoms with E-state index in [1.54, 1.807) is 0 Å². The Labute approximate surface area is 132 Å². The highest BCUT2D eigenvalue weighted by Gasteiger charge is 2.27. The van der Waals surface area contributed by atoms with E-state index in [2.05, 4.69) is 12.2 Å². The summed E-state index contributed by atoms with van der Waals surface area (Å²) in [5.41, 5.74) is 12.5. The van der Waals surface area contributed by atoms with Gasteiger partial charge in [-0.1, -0.05) is 6.92 Å². The van der Waals surface area contributed by atoms with Gasteiger partial charge in [-0.2, -0.15) is 11.8 Å². The van der Waals surface area contributed by atoms with Crippen molar-refractivity contribution >= 4 is 39.9 Å². The van der Waals surface area contributed by atoms with E-state index in [-0.39, 0.29) is 5.91 Å². The summed E-state index contributed by atoms with van der Waals surface area (Å²) in [6, 6.07) is 0. The predicted molar refractivity (Wildman–Crippen MR) is 89.0 cm³/mol. The molecule has 21 heavy (non-hydrogen) atoms. The van der Waals surface area contributed by atoms with Crippen molar-refractivity contribution < 1.29 is 9.59 Å². The molecule has 1 heterocycles. The van der Waals surface area contributed by atoms with Crippen LogP contribution >= 0.6 is 23.1 Å². The number of nitrogens with one attached hydrogen (secondary N) is 1. The van der Waals surface area contributed by atoms with E-state index in [0.717, 1.165) is 30.6 Å². The van der Waals surface area contributed by atoms with Crippen LogP contribution in [-0.2, 0) is 17.6 Å². The van der Waals surface area contributed by atoms with E-state index < -0.39 is 5.91 Å². The first-order valence-corrected chi connectivity index (χ1v) is 9.02. The number of rotatable bonds is 6. The Balaban J connectivity index is 2.15. The number of carbonyl (C=O) groups is 2. The molecule has 1 aliphatic carbocycles. The van der Waals surface area contributed by atoms with E-state index in [1.807, 2.05) is 0 Å². The average molecular weight is 327 g/mol. The van der Waals surface area contributed by atoms with Crippen molar-refractivity contribution in [1.82, 2.24) is 0 Å². The lowest BCUT2D eigenvalue weighted by atomic mass is 9.88. The lowest BCUT2D eigenvalue weighted by Crippen LogP contribution is -2.20. The molecule has 0 aliphatic heterocycles. The molecule has 1 aromatic rings. The number of anilines is 1. The van der Waals surface area contributed by atoms with Crippen LogP contribution in [0.1, 0.15) is 34.1 Å². The average Bonchev–Trinajstić information content (AvgIpc) is 2.75. The van der Waals surface area contributed by atoms with Crippen molar-refractivity contribution in [3.63, 3.8) is 0 Å². The van der Waals surface area contributed by atoms with Gasteiger partial charge in [-0.05, 0) is 30.7 Å². The van der Waals surface area contributed by atoms with Gasteiger partial charge in [-0.3, -0.25) is 9.59 Å². The van der Waals surface area contributed by atoms with Crippen LogP contribution in [0.2, 0.25) is 0 Å². The summed E-state index contributed by atoms with van der Waals surface area (Å²) in [7, 11) is 0. The normalized spacial score (nSPS) is 17.3. The fourth-order valence-corrected chi connectivity index (χ4v) is 4.51. The van der Waals surface area contributed by atoms with Gasteiger partial charge in [0, 0.05) is 17.2 Å². The van der Waals surface area contributed by atoms with E-state index >= 15 is 0 Å². The molecule has 116 valence electrons. The Bertz CT molecular complexity index is 543. The number of hydrogen-bond donors (Lipinski definition) is 3. The first-order chi connectivity index (χ1) is 10.0. The SMILES string of the molecule is CC1CCc2c(sc(NC(=O)CSCCN)c2C(N)=O)C1. The molecule has 2 rings (SSSR count). The minimum absolute atomic E-state index is 0.109. The van der Waals surface area contributed by atoms with Crippen molar-refractivity contribution in [2.24, 2.45) is 17.4 Å². The maximum absolute atomic E-state index is 11.9. The summed E-state index contributed by atoms with van der Waals surface area (Å²) in [5, 5.41) is 3.45. The molecule has 0 saturated heterocycles. The monoisotopic (exact) mass is 327 g/mol. The second-order valence-electron chi connectivity index (χ2n) is 5.31. The summed E-state index contributed by atoms with van der Waals surface area (Å²) in [6.07, 6.45) is 2.88. The van der Waals surface area contributed by atoms with Crippen molar-refractivity contribution in [2.45, 2.75) is 26.2 Å². The van der Waals surface area contributed by atoms with Crippen molar-refractivity contribution in [3.8, 4) is 0 Å². The third kappa shape index (κ3) is 3.99. The summed E-state index contributed by atoms with van der Waals surface area (Å²) >= 11 is 2.98. The summed E-state index contributed by atoms with van der Waals surface area (Å²) in [5.74, 6) is 1.14. The summed E-state index contributed by atoms with van der Waals surface area (Å²) in [4.78, 5) is 24.8. The molecule has 1 aliphatic rings. The molecule has 5 nitrogen and oxygen atoms in total. The van der Waals surface area contributed by atoms with Crippen LogP contribution in [-0.4, -0.2) is 29.9 Å². The number of carbonyl (C=O) groups excluding carboxylic acids is 2. The first kappa shape index (κ1) is 16.3. The maximum Gasteiger partial charge on any atom is 0.251 e. The predicted octanol–water partition coefficient (Wildman–Crippen LogP) is 1.60. The molecule has 0 spiro atoms. The van der Waals surface area contributed by atoms with Crippen molar-refractivity contribution in [3.05, 3.63) is 16.0 Å². The second kappa shape index (κ2) is 7.29. The third-order valence-electron chi connectivity index (χ3n) is 3.51. The molecular weight excluding hydrogens is 306 g/mol. The zero-order valence-corrected chi connectivity index (χ0v) is 13.7. The molecule has 0 bridgehead atoms. The topological polar surface area (TPSA) is 98.2 Å². The molecule has 0 saturated carbocycles. The van der Waals surface area contributed by atoms with Crippen LogP contribution in [0.5, 0.6) is 0 Å². The van der Waals surface area contributed by atoms with Crippen LogP contribution in [0.15, 0.2) is 0 Å². The van der Waals surface area contributed by atoms with Gasteiger partial charge in [-0.25, -0.2) is 0 Å². The molecule has 0 aromatic carbocycles. The van der Waals surface area contributed by atoms with E-state index in [0.29, 0.717) is 28.8 Å². The Kier molecular flexibility index (Phi) is 5.66. The fraction of sp³-hybridized carbons (Fsp3) is 0.571. The molecule has 1 unspecified atom stereocenters. The Morgan fingerprint density at radius 2 is 2.24 bits per heavy atom. The lowest BCUT2D eigenvalue weighted by Gasteiger charge is -2.18. The van der Waals surface area contributed by atoms with Gasteiger partial charge in [0.15, 0.2) is 0 Å². The summed E-state index contributed by atoms with van der Waals surface area (Å²) < 4.78 is 0. The zero-order valence-electron chi connectivity index (χ0n) is 12.1. The number of hydrogen-bond acceptors (Lipinski definition) is 5. The molecule has 0 radical (unpaired) electrons. The van der Waals surface area contributed by atoms with E-state index in [9.17, 15) is 9.59 Å². The molecule has 1 atom stereocenters. The Hall–Kier alpha value is -1.05.